The number of sulfonamides is 1. The first kappa shape index (κ1) is 17.7. The lowest BCUT2D eigenvalue weighted by atomic mass is 9.77. The lowest BCUT2D eigenvalue weighted by molar-refractivity contribution is 0.0127. The van der Waals surface area contributed by atoms with Crippen molar-refractivity contribution in [2.24, 2.45) is 5.41 Å². The van der Waals surface area contributed by atoms with Crippen LogP contribution in [-0.2, 0) is 16.4 Å². The summed E-state index contributed by atoms with van der Waals surface area (Å²) >= 11 is 0. The second kappa shape index (κ2) is 6.65. The number of aliphatic hydroxyl groups excluding tert-OH is 1. The Morgan fingerprint density at radius 2 is 2.08 bits per heavy atom. The number of hydrogen-bond acceptors (Lipinski definition) is 4. The van der Waals surface area contributed by atoms with Crippen LogP contribution >= 0.6 is 0 Å². The predicted molar refractivity (Wildman–Crippen MR) is 92.7 cm³/mol. The van der Waals surface area contributed by atoms with E-state index >= 15 is 0 Å². The Morgan fingerprint density at radius 3 is 2.71 bits per heavy atom. The molecule has 1 spiro atoms. The van der Waals surface area contributed by atoms with Crippen molar-refractivity contribution in [3.8, 4) is 5.75 Å². The summed E-state index contributed by atoms with van der Waals surface area (Å²) in [7, 11) is -1.94. The number of piperidine rings is 1. The number of nitrogens with zero attached hydrogens (tertiary/aromatic N) is 1. The fourth-order valence-electron chi connectivity index (χ4n) is 4.26. The van der Waals surface area contributed by atoms with Gasteiger partial charge in [-0.1, -0.05) is 13.3 Å². The van der Waals surface area contributed by atoms with Crippen molar-refractivity contribution < 1.29 is 18.3 Å². The molecule has 0 aromatic heterocycles. The number of rotatable bonds is 4. The Hall–Kier alpha value is -1.11. The van der Waals surface area contributed by atoms with Crippen LogP contribution in [0.25, 0.3) is 0 Å². The molecule has 1 aromatic carbocycles. The van der Waals surface area contributed by atoms with Gasteiger partial charge in [-0.05, 0) is 55.9 Å². The van der Waals surface area contributed by atoms with Crippen LogP contribution in [0.2, 0.25) is 0 Å². The third-order valence-electron chi connectivity index (χ3n) is 5.70. The zero-order valence-corrected chi connectivity index (χ0v) is 15.3. The fourth-order valence-corrected chi connectivity index (χ4v) is 5.88. The lowest BCUT2D eigenvalue weighted by Crippen LogP contribution is -2.49. The van der Waals surface area contributed by atoms with Crippen LogP contribution in [0.4, 0.5) is 0 Å². The standard InChI is InChI=1S/C18H27NO4S/c1-3-14-12-15(7-8-16(14)23-2)24(21,22)19-11-5-10-18(13-19)9-4-6-17(18)20/h7-8,12,17,20H,3-6,9-11,13H2,1-2H3/t17-,18-/m1/s1. The summed E-state index contributed by atoms with van der Waals surface area (Å²) in [5.41, 5.74) is 0.650. The maximum Gasteiger partial charge on any atom is 0.243 e. The van der Waals surface area contributed by atoms with E-state index < -0.39 is 10.0 Å². The van der Waals surface area contributed by atoms with Crippen molar-refractivity contribution in [2.45, 2.75) is 56.4 Å². The average Bonchev–Trinajstić information content (AvgIpc) is 2.94. The number of methoxy groups -OCH3 is 1. The van der Waals surface area contributed by atoms with Crippen molar-refractivity contribution in [3.63, 3.8) is 0 Å². The third kappa shape index (κ3) is 2.95. The Bertz CT molecular complexity index is 703. The van der Waals surface area contributed by atoms with Gasteiger partial charge in [-0.15, -0.1) is 0 Å². The monoisotopic (exact) mass is 353 g/mol. The van der Waals surface area contributed by atoms with Crippen LogP contribution in [0.1, 0.15) is 44.6 Å². The van der Waals surface area contributed by atoms with Gasteiger partial charge >= 0.3 is 0 Å². The Kier molecular flexibility index (Phi) is 4.91. The van der Waals surface area contributed by atoms with E-state index in [4.69, 9.17) is 4.74 Å². The Balaban J connectivity index is 1.90. The SMILES string of the molecule is CCc1cc(S(=O)(=O)N2CCC[C@]3(CCC[C@H]3O)C2)ccc1OC. The minimum atomic E-state index is -3.54. The van der Waals surface area contributed by atoms with Crippen molar-refractivity contribution in [1.29, 1.82) is 0 Å². The maximum absolute atomic E-state index is 13.1. The van der Waals surface area contributed by atoms with Crippen molar-refractivity contribution in [1.82, 2.24) is 4.31 Å². The topological polar surface area (TPSA) is 66.8 Å². The van der Waals surface area contributed by atoms with Crippen molar-refractivity contribution >= 4 is 10.0 Å². The molecule has 1 aliphatic heterocycles. The summed E-state index contributed by atoms with van der Waals surface area (Å²) < 4.78 is 33.1. The summed E-state index contributed by atoms with van der Waals surface area (Å²) in [5, 5.41) is 10.4. The molecule has 6 heteroatoms. The van der Waals surface area contributed by atoms with Crippen molar-refractivity contribution in [3.05, 3.63) is 23.8 Å². The molecular formula is C18H27NO4S. The molecule has 1 saturated carbocycles. The number of benzene rings is 1. The highest BCUT2D eigenvalue weighted by atomic mass is 32.2. The Labute approximate surface area is 144 Å². The normalized spacial score (nSPS) is 28.4. The van der Waals surface area contributed by atoms with Crippen LogP contribution in [-0.4, -0.2) is 44.1 Å². The fraction of sp³-hybridized carbons (Fsp3) is 0.667. The zero-order valence-electron chi connectivity index (χ0n) is 14.5. The second-order valence-corrected chi connectivity index (χ2v) is 8.98. The number of aliphatic hydroxyl groups is 1. The first-order valence-electron chi connectivity index (χ1n) is 8.78. The lowest BCUT2D eigenvalue weighted by Gasteiger charge is -2.41. The predicted octanol–water partition coefficient (Wildman–Crippen LogP) is 2.57. The first-order valence-corrected chi connectivity index (χ1v) is 10.2. The quantitative estimate of drug-likeness (QED) is 0.903. The van der Waals surface area contributed by atoms with Crippen LogP contribution in [0.5, 0.6) is 5.75 Å². The number of aryl methyl sites for hydroxylation is 1. The van der Waals surface area contributed by atoms with Gasteiger partial charge in [0.25, 0.3) is 0 Å². The van der Waals surface area contributed by atoms with E-state index in [0.717, 1.165) is 49.8 Å². The summed E-state index contributed by atoms with van der Waals surface area (Å²) in [4.78, 5) is 0.324. The van der Waals surface area contributed by atoms with Gasteiger partial charge < -0.3 is 9.84 Å². The molecule has 1 heterocycles. The maximum atomic E-state index is 13.1. The van der Waals surface area contributed by atoms with Gasteiger partial charge in [0.05, 0.1) is 18.1 Å². The highest BCUT2D eigenvalue weighted by Gasteiger charge is 2.47. The first-order chi connectivity index (χ1) is 11.4. The van der Waals surface area contributed by atoms with E-state index in [1.165, 1.54) is 0 Å². The highest BCUT2D eigenvalue weighted by molar-refractivity contribution is 7.89. The van der Waals surface area contributed by atoms with E-state index in [0.29, 0.717) is 18.0 Å². The average molecular weight is 353 g/mol. The molecule has 2 atom stereocenters. The molecule has 0 bridgehead atoms. The van der Waals surface area contributed by atoms with Gasteiger partial charge in [-0.3, -0.25) is 0 Å². The molecule has 24 heavy (non-hydrogen) atoms. The zero-order chi connectivity index (χ0) is 17.4. The molecule has 1 aliphatic carbocycles. The van der Waals surface area contributed by atoms with Gasteiger partial charge in [0.1, 0.15) is 5.75 Å². The molecule has 134 valence electrons. The van der Waals surface area contributed by atoms with Crippen LogP contribution in [0, 0.1) is 5.41 Å². The van der Waals surface area contributed by atoms with Crippen molar-refractivity contribution in [2.75, 3.05) is 20.2 Å². The van der Waals surface area contributed by atoms with E-state index in [9.17, 15) is 13.5 Å². The largest absolute Gasteiger partial charge is 0.496 e. The molecule has 2 aliphatic rings. The van der Waals surface area contributed by atoms with Gasteiger partial charge in [0.15, 0.2) is 0 Å². The summed E-state index contributed by atoms with van der Waals surface area (Å²) in [6, 6.07) is 5.08. The van der Waals surface area contributed by atoms with E-state index in [-0.39, 0.29) is 11.5 Å². The van der Waals surface area contributed by atoms with E-state index in [1.807, 2.05) is 6.92 Å². The van der Waals surface area contributed by atoms with Gasteiger partial charge in [0, 0.05) is 18.5 Å². The highest BCUT2D eigenvalue weighted by Crippen LogP contribution is 2.46. The Morgan fingerprint density at radius 1 is 1.33 bits per heavy atom. The van der Waals surface area contributed by atoms with Crippen LogP contribution < -0.4 is 4.74 Å². The number of hydrogen-bond donors (Lipinski definition) is 1. The summed E-state index contributed by atoms with van der Waals surface area (Å²) in [6.07, 6.45) is 4.76. The molecule has 1 N–H and O–H groups in total. The van der Waals surface area contributed by atoms with Gasteiger partial charge in [0.2, 0.25) is 10.0 Å². The molecule has 1 aromatic rings. The van der Waals surface area contributed by atoms with E-state index in [1.54, 1.807) is 29.6 Å². The smallest absolute Gasteiger partial charge is 0.243 e. The third-order valence-corrected chi connectivity index (χ3v) is 7.54. The molecule has 3 rings (SSSR count). The minimum absolute atomic E-state index is 0.245. The second-order valence-electron chi connectivity index (χ2n) is 7.04. The molecule has 0 amide bonds. The molecule has 0 radical (unpaired) electrons. The number of ether oxygens (including phenoxy) is 1. The molecule has 2 fully saturated rings. The summed E-state index contributed by atoms with van der Waals surface area (Å²) in [6.45, 7) is 2.95. The molecule has 0 unspecified atom stereocenters. The van der Waals surface area contributed by atoms with Gasteiger partial charge in [-0.2, -0.15) is 4.31 Å². The molecular weight excluding hydrogens is 326 g/mol. The minimum Gasteiger partial charge on any atom is -0.496 e. The molecule has 5 nitrogen and oxygen atoms in total. The molecule has 1 saturated heterocycles. The van der Waals surface area contributed by atoms with Crippen LogP contribution in [0.3, 0.4) is 0 Å². The van der Waals surface area contributed by atoms with Gasteiger partial charge in [-0.25, -0.2) is 8.42 Å². The van der Waals surface area contributed by atoms with Crippen LogP contribution in [0.15, 0.2) is 23.1 Å². The summed E-state index contributed by atoms with van der Waals surface area (Å²) in [5.74, 6) is 0.720. The van der Waals surface area contributed by atoms with E-state index in [2.05, 4.69) is 0 Å².